The van der Waals surface area contributed by atoms with Crippen molar-refractivity contribution in [3.05, 3.63) is 58.7 Å². The minimum Gasteiger partial charge on any atom is -0.475 e. The van der Waals surface area contributed by atoms with E-state index in [1.54, 1.807) is 27.7 Å². The number of benzene rings is 1. The summed E-state index contributed by atoms with van der Waals surface area (Å²) >= 11 is 0. The van der Waals surface area contributed by atoms with E-state index in [0.29, 0.717) is 5.70 Å². The van der Waals surface area contributed by atoms with Crippen LogP contribution in [0, 0.1) is 0 Å². The summed E-state index contributed by atoms with van der Waals surface area (Å²) in [7, 11) is 0. The van der Waals surface area contributed by atoms with Gasteiger partial charge in [0.2, 0.25) is 5.88 Å². The van der Waals surface area contributed by atoms with E-state index >= 15 is 0 Å². The summed E-state index contributed by atoms with van der Waals surface area (Å²) in [4.78, 5) is 20.4. The second-order valence-corrected chi connectivity index (χ2v) is 7.03. The Kier molecular flexibility index (Phi) is 6.37. The van der Waals surface area contributed by atoms with E-state index in [1.165, 1.54) is 24.5 Å². The van der Waals surface area contributed by atoms with Gasteiger partial charge in [-0.2, -0.15) is 13.2 Å². The molecule has 166 valence electrons. The highest BCUT2D eigenvalue weighted by Gasteiger charge is 2.42. The Morgan fingerprint density at radius 2 is 1.94 bits per heavy atom. The van der Waals surface area contributed by atoms with Gasteiger partial charge in [-0.25, -0.2) is 14.8 Å². The number of rotatable bonds is 5. The van der Waals surface area contributed by atoms with Crippen LogP contribution >= 0.6 is 0 Å². The molecule has 0 fully saturated rings. The number of nitrogens with zero attached hydrogens (tertiary/aromatic N) is 2. The van der Waals surface area contributed by atoms with Crippen molar-refractivity contribution in [2.24, 2.45) is 0 Å². The van der Waals surface area contributed by atoms with Crippen molar-refractivity contribution in [3.8, 4) is 5.88 Å². The highest BCUT2D eigenvalue weighted by atomic mass is 19.4. The molecule has 31 heavy (non-hydrogen) atoms. The minimum absolute atomic E-state index is 0.0454. The topological polar surface area (TPSA) is 82.6 Å². The van der Waals surface area contributed by atoms with Crippen LogP contribution in [0.3, 0.4) is 0 Å². The second-order valence-electron chi connectivity index (χ2n) is 7.03. The van der Waals surface area contributed by atoms with Crippen molar-refractivity contribution in [1.29, 1.82) is 0 Å². The third kappa shape index (κ3) is 4.73. The molecule has 0 radical (unpaired) electrons. The van der Waals surface area contributed by atoms with Crippen molar-refractivity contribution in [2.45, 2.75) is 45.9 Å². The van der Waals surface area contributed by atoms with Gasteiger partial charge in [0.1, 0.15) is 17.9 Å². The minimum atomic E-state index is -4.64. The number of halogens is 3. The molecule has 7 nitrogen and oxygen atoms in total. The van der Waals surface area contributed by atoms with Crippen LogP contribution in [0.2, 0.25) is 0 Å². The zero-order valence-corrected chi connectivity index (χ0v) is 17.4. The molecule has 1 aliphatic rings. The van der Waals surface area contributed by atoms with Gasteiger partial charge in [-0.15, -0.1) is 0 Å². The number of allylic oxidation sites excluding steroid dienone is 2. The van der Waals surface area contributed by atoms with E-state index < -0.39 is 23.8 Å². The Morgan fingerprint density at radius 3 is 2.58 bits per heavy atom. The zero-order chi connectivity index (χ0) is 22.8. The Hall–Kier alpha value is -3.30. The smallest absolute Gasteiger partial charge is 0.475 e. The first kappa shape index (κ1) is 22.4. The van der Waals surface area contributed by atoms with Crippen molar-refractivity contribution in [3.63, 3.8) is 0 Å². The maximum atomic E-state index is 13.9. The summed E-state index contributed by atoms with van der Waals surface area (Å²) in [5, 5.41) is 2.96. The van der Waals surface area contributed by atoms with Crippen molar-refractivity contribution >= 4 is 12.0 Å². The van der Waals surface area contributed by atoms with Crippen molar-refractivity contribution < 1.29 is 32.2 Å². The number of aromatic nitrogens is 2. The van der Waals surface area contributed by atoms with Crippen LogP contribution in [0.25, 0.3) is 0 Å². The highest BCUT2D eigenvalue weighted by Crippen LogP contribution is 2.48. The van der Waals surface area contributed by atoms with Gasteiger partial charge in [0, 0.05) is 0 Å². The van der Waals surface area contributed by atoms with Crippen LogP contribution in [0.5, 0.6) is 5.88 Å². The first-order valence-electron chi connectivity index (χ1n) is 9.63. The molecule has 1 aromatic carbocycles. The van der Waals surface area contributed by atoms with Crippen molar-refractivity contribution in [2.75, 3.05) is 11.9 Å². The molecule has 0 saturated heterocycles. The van der Waals surface area contributed by atoms with E-state index in [4.69, 9.17) is 14.2 Å². The Labute approximate surface area is 177 Å². The van der Waals surface area contributed by atoms with E-state index in [0.717, 1.165) is 6.07 Å². The molecule has 1 atom stereocenters. The largest absolute Gasteiger partial charge is 0.513 e. The molecule has 0 bridgehead atoms. The molecule has 10 heteroatoms. The predicted molar refractivity (Wildman–Crippen MR) is 106 cm³/mol. The molecule has 0 saturated carbocycles. The number of hydrogen-bond donors (Lipinski definition) is 1. The van der Waals surface area contributed by atoms with E-state index in [1.807, 2.05) is 0 Å². The fraction of sp³-hybridized carbons (Fsp3) is 0.381. The lowest BCUT2D eigenvalue weighted by Crippen LogP contribution is -2.26. The van der Waals surface area contributed by atoms with Gasteiger partial charge in [0.05, 0.1) is 35.5 Å². The highest BCUT2D eigenvalue weighted by molar-refractivity contribution is 5.68. The maximum Gasteiger partial charge on any atom is 0.513 e. The van der Waals surface area contributed by atoms with E-state index in [-0.39, 0.29) is 41.3 Å². The molecular formula is C21H22F3N3O4. The molecule has 0 aliphatic carbocycles. The molecule has 1 aliphatic heterocycles. The summed E-state index contributed by atoms with van der Waals surface area (Å²) in [5.41, 5.74) is -0.445. The normalized spacial score (nSPS) is 15.9. The van der Waals surface area contributed by atoms with Crippen LogP contribution < -0.4 is 10.1 Å². The van der Waals surface area contributed by atoms with Gasteiger partial charge >= 0.3 is 12.3 Å². The standard InChI is InChI=1S/C21H22F3N3O4/c1-5-29-20(28)31-17-12(4)27-18-16(19(26-10-25-18)30-11(2)3)15(17)13-8-6-7-9-14(13)21(22,23)24/h6-11,15H,5H2,1-4H3,(H,25,26,27). The lowest BCUT2D eigenvalue weighted by atomic mass is 9.84. The van der Waals surface area contributed by atoms with E-state index in [9.17, 15) is 18.0 Å². The van der Waals surface area contributed by atoms with Crippen LogP contribution in [0.15, 0.2) is 42.0 Å². The average molecular weight is 437 g/mol. The molecule has 1 N–H and O–H groups in total. The summed E-state index contributed by atoms with van der Waals surface area (Å²) in [6.45, 7) is 6.74. The van der Waals surface area contributed by atoms with E-state index in [2.05, 4.69) is 15.3 Å². The van der Waals surface area contributed by atoms with Crippen LogP contribution in [0.4, 0.5) is 23.8 Å². The van der Waals surface area contributed by atoms with Gasteiger partial charge in [0.25, 0.3) is 0 Å². The van der Waals surface area contributed by atoms with Gasteiger partial charge in [0.15, 0.2) is 0 Å². The second kappa shape index (κ2) is 8.83. The SMILES string of the molecule is CCOC(=O)OC1=C(C)Nc2ncnc(OC(C)C)c2C1c1ccccc1C(F)(F)F. The Morgan fingerprint density at radius 1 is 1.23 bits per heavy atom. The molecular weight excluding hydrogens is 415 g/mol. The summed E-state index contributed by atoms with van der Waals surface area (Å²) in [6.07, 6.45) is -4.72. The number of nitrogens with one attached hydrogen (secondary N) is 1. The summed E-state index contributed by atoms with van der Waals surface area (Å²) < 4.78 is 57.6. The number of fused-ring (bicyclic) bond motifs is 1. The molecule has 1 unspecified atom stereocenters. The fourth-order valence-electron chi connectivity index (χ4n) is 3.32. The summed E-state index contributed by atoms with van der Waals surface area (Å²) in [6, 6.07) is 5.08. The number of carbonyl (C=O) groups excluding carboxylic acids is 1. The number of anilines is 1. The van der Waals surface area contributed by atoms with Gasteiger partial charge in [-0.1, -0.05) is 18.2 Å². The van der Waals surface area contributed by atoms with Gasteiger partial charge in [-0.05, 0) is 39.3 Å². The lowest BCUT2D eigenvalue weighted by Gasteiger charge is -2.31. The zero-order valence-electron chi connectivity index (χ0n) is 17.4. The number of alkyl halides is 3. The quantitative estimate of drug-likeness (QED) is 0.640. The molecule has 1 aromatic heterocycles. The number of carbonyl (C=O) groups is 1. The predicted octanol–water partition coefficient (Wildman–Crippen LogP) is 5.24. The number of ether oxygens (including phenoxy) is 3. The Balaban J connectivity index is 2.27. The maximum absolute atomic E-state index is 13.9. The van der Waals surface area contributed by atoms with Crippen molar-refractivity contribution in [1.82, 2.24) is 9.97 Å². The molecule has 2 heterocycles. The van der Waals surface area contributed by atoms with Crippen LogP contribution in [-0.4, -0.2) is 28.8 Å². The number of hydrogen-bond acceptors (Lipinski definition) is 7. The summed E-state index contributed by atoms with van der Waals surface area (Å²) in [5.74, 6) is -0.854. The average Bonchev–Trinajstić information content (AvgIpc) is 2.68. The Bertz CT molecular complexity index is 1010. The molecule has 0 amide bonds. The molecule has 2 aromatic rings. The molecule has 0 spiro atoms. The fourth-order valence-corrected chi connectivity index (χ4v) is 3.32. The van der Waals surface area contributed by atoms with Gasteiger partial charge in [-0.3, -0.25) is 0 Å². The lowest BCUT2D eigenvalue weighted by molar-refractivity contribution is -0.138. The molecule has 3 rings (SSSR count). The van der Waals surface area contributed by atoms with Crippen LogP contribution in [-0.2, 0) is 15.7 Å². The van der Waals surface area contributed by atoms with Gasteiger partial charge < -0.3 is 19.5 Å². The monoisotopic (exact) mass is 437 g/mol. The first-order valence-corrected chi connectivity index (χ1v) is 9.63. The third-order valence-electron chi connectivity index (χ3n) is 4.45. The first-order chi connectivity index (χ1) is 14.6. The van der Waals surface area contributed by atoms with Crippen LogP contribution in [0.1, 0.15) is 50.3 Å². The third-order valence-corrected chi connectivity index (χ3v) is 4.45.